The Morgan fingerprint density at radius 1 is 0.960 bits per heavy atom. The van der Waals surface area contributed by atoms with Gasteiger partial charge >= 0.3 is 0 Å². The van der Waals surface area contributed by atoms with Crippen LogP contribution >= 0.6 is 0 Å². The summed E-state index contributed by atoms with van der Waals surface area (Å²) in [4.78, 5) is 72.4. The molecule has 0 aliphatic carbocycles. The zero-order valence-electron chi connectivity index (χ0n) is 29.0. The Kier molecular flexibility index (Phi) is 11.8. The van der Waals surface area contributed by atoms with E-state index in [4.69, 9.17) is 9.72 Å². The summed E-state index contributed by atoms with van der Waals surface area (Å²) in [5.41, 5.74) is 1.53. The van der Waals surface area contributed by atoms with Crippen LogP contribution in [0, 0.1) is 11.8 Å². The number of carbonyl (C=O) groups is 5. The highest BCUT2D eigenvalue weighted by atomic mass is 16.5. The van der Waals surface area contributed by atoms with Crippen molar-refractivity contribution < 1.29 is 28.7 Å². The molecule has 266 valence electrons. The number of ether oxygens (including phenoxy) is 1. The van der Waals surface area contributed by atoms with Crippen LogP contribution in [0.3, 0.4) is 0 Å². The van der Waals surface area contributed by atoms with E-state index >= 15 is 0 Å². The molecule has 1 aromatic heterocycles. The molecule has 6 rings (SSSR count). The maximum atomic E-state index is 13.9. The predicted octanol–water partition coefficient (Wildman–Crippen LogP) is 1.76. The first-order valence-electron chi connectivity index (χ1n) is 17.1. The van der Waals surface area contributed by atoms with Crippen LogP contribution in [0.5, 0.6) is 5.75 Å². The Balaban J connectivity index is 1.41. The fourth-order valence-corrected chi connectivity index (χ4v) is 6.12. The van der Waals surface area contributed by atoms with Gasteiger partial charge in [0.25, 0.3) is 0 Å². The lowest BCUT2D eigenvalue weighted by molar-refractivity contribution is -0.136. The number of amides is 5. The first-order chi connectivity index (χ1) is 24.0. The van der Waals surface area contributed by atoms with Crippen molar-refractivity contribution in [2.45, 2.75) is 71.6 Å². The second-order valence-electron chi connectivity index (χ2n) is 13.2. The molecule has 14 nitrogen and oxygen atoms in total. The summed E-state index contributed by atoms with van der Waals surface area (Å²) in [7, 11) is 0. The normalized spacial score (nSPS) is 21.3. The summed E-state index contributed by atoms with van der Waals surface area (Å²) < 4.78 is 7.30. The number of benzene rings is 2. The van der Waals surface area contributed by atoms with Gasteiger partial charge in [-0.25, -0.2) is 9.67 Å². The number of hydrogen-bond acceptors (Lipinski definition) is 8. The highest BCUT2D eigenvalue weighted by Gasteiger charge is 2.33. The Morgan fingerprint density at radius 3 is 2.32 bits per heavy atom. The average Bonchev–Trinajstić information content (AvgIpc) is 3.52. The second kappa shape index (κ2) is 16.4. The minimum atomic E-state index is -0.969. The number of rotatable bonds is 4. The largest absolute Gasteiger partial charge is 0.492 e. The van der Waals surface area contributed by atoms with Gasteiger partial charge in [0, 0.05) is 37.9 Å². The van der Waals surface area contributed by atoms with Gasteiger partial charge in [-0.2, -0.15) is 5.10 Å². The second-order valence-corrected chi connectivity index (χ2v) is 13.2. The average molecular weight is 687 g/mol. The lowest BCUT2D eigenvalue weighted by atomic mass is 9.94. The summed E-state index contributed by atoms with van der Waals surface area (Å²) >= 11 is 0. The topological polar surface area (TPSA) is 177 Å². The number of hydrogen-bond donors (Lipinski definition) is 4. The zero-order chi connectivity index (χ0) is 35.8. The Morgan fingerprint density at radius 2 is 1.66 bits per heavy atom. The lowest BCUT2D eigenvalue weighted by Crippen LogP contribution is -2.57. The van der Waals surface area contributed by atoms with Gasteiger partial charge < -0.3 is 30.9 Å². The standard InChI is InChI=1S/C36H46N8O6/c1-22(2)31-36(49)38-23(3)33-41-32(26-8-6-5-7-9-26)42-44(33)21-30(46)37-16-19-50-28-12-10-25(11-13-28)20-29(35(48)40-31)39-34(47)27-14-17-43(18-15-27)24(4)45/h5-13,22-23,27,29,31H,14-21H2,1-4H3,(H,37,46)(H,38,49)(H,39,47)(H,40,48)/t23-,29-,31+/m0/s1. The van der Waals surface area contributed by atoms with E-state index in [1.807, 2.05) is 56.3 Å². The molecule has 14 heteroatoms. The minimum absolute atomic E-state index is 0.0281. The van der Waals surface area contributed by atoms with Gasteiger partial charge in [-0.3, -0.25) is 24.0 Å². The van der Waals surface area contributed by atoms with Crippen LogP contribution in [0.2, 0.25) is 0 Å². The van der Waals surface area contributed by atoms with E-state index in [9.17, 15) is 24.0 Å². The summed E-state index contributed by atoms with van der Waals surface area (Å²) in [5, 5.41) is 16.2. The van der Waals surface area contributed by atoms with Gasteiger partial charge in [0.1, 0.15) is 36.8 Å². The maximum Gasteiger partial charge on any atom is 0.243 e. The third-order valence-corrected chi connectivity index (χ3v) is 9.02. The van der Waals surface area contributed by atoms with Crippen molar-refractivity contribution >= 4 is 29.5 Å². The molecule has 50 heavy (non-hydrogen) atoms. The predicted molar refractivity (Wildman–Crippen MR) is 184 cm³/mol. The third-order valence-electron chi connectivity index (χ3n) is 9.02. The van der Waals surface area contributed by atoms with Gasteiger partial charge in [-0.1, -0.05) is 56.3 Å². The first-order valence-corrected chi connectivity index (χ1v) is 17.1. The molecule has 0 spiro atoms. The van der Waals surface area contributed by atoms with E-state index in [0.29, 0.717) is 43.3 Å². The Labute approximate surface area is 291 Å². The van der Waals surface area contributed by atoms with Crippen molar-refractivity contribution in [1.82, 2.24) is 40.9 Å². The minimum Gasteiger partial charge on any atom is -0.492 e. The quantitative estimate of drug-likeness (QED) is 0.321. The summed E-state index contributed by atoms with van der Waals surface area (Å²) in [6.07, 6.45) is 1.17. The van der Waals surface area contributed by atoms with E-state index in [1.165, 1.54) is 11.6 Å². The van der Waals surface area contributed by atoms with Crippen LogP contribution in [0.25, 0.3) is 11.4 Å². The van der Waals surface area contributed by atoms with Crippen LogP contribution < -0.4 is 26.0 Å². The monoisotopic (exact) mass is 686 g/mol. The van der Waals surface area contributed by atoms with Crippen molar-refractivity contribution in [3.05, 3.63) is 66.0 Å². The van der Waals surface area contributed by atoms with E-state index in [2.05, 4.69) is 26.4 Å². The van der Waals surface area contributed by atoms with Crippen molar-refractivity contribution in [3.8, 4) is 17.1 Å². The molecule has 0 saturated carbocycles. The molecule has 3 aliphatic heterocycles. The van der Waals surface area contributed by atoms with E-state index in [0.717, 1.165) is 11.1 Å². The first kappa shape index (κ1) is 36.0. The number of nitrogens with zero attached hydrogens (tertiary/aromatic N) is 4. The van der Waals surface area contributed by atoms with Crippen molar-refractivity contribution in [2.75, 3.05) is 26.2 Å². The summed E-state index contributed by atoms with van der Waals surface area (Å²) in [6.45, 7) is 8.19. The zero-order valence-corrected chi connectivity index (χ0v) is 29.0. The number of nitrogens with one attached hydrogen (secondary N) is 4. The van der Waals surface area contributed by atoms with Gasteiger partial charge in [-0.05, 0) is 43.4 Å². The molecule has 2 bridgehead atoms. The van der Waals surface area contributed by atoms with Crippen molar-refractivity contribution in [1.29, 1.82) is 0 Å². The molecular weight excluding hydrogens is 640 g/mol. The van der Waals surface area contributed by atoms with E-state index in [1.54, 1.807) is 24.0 Å². The third kappa shape index (κ3) is 9.24. The van der Waals surface area contributed by atoms with Gasteiger partial charge in [-0.15, -0.1) is 0 Å². The number of aromatic nitrogens is 3. The number of piperidine rings is 1. The molecule has 1 saturated heterocycles. The van der Waals surface area contributed by atoms with Gasteiger partial charge in [0.2, 0.25) is 29.5 Å². The molecule has 4 N–H and O–H groups in total. The molecule has 1 fully saturated rings. The maximum absolute atomic E-state index is 13.9. The fourth-order valence-electron chi connectivity index (χ4n) is 6.12. The molecule has 0 radical (unpaired) electrons. The van der Waals surface area contributed by atoms with Gasteiger partial charge in [0.05, 0.1) is 12.6 Å². The summed E-state index contributed by atoms with van der Waals surface area (Å²) in [6, 6.07) is 13.9. The SMILES string of the molecule is CC(=O)N1CCC(C(=O)N[C@H]2Cc3ccc(cc3)OCCNC(=O)Cn3nc(-c4ccccc4)nc3[C@H](C)NC(=O)[C@@H](C(C)C)NC2=O)CC1. The van der Waals surface area contributed by atoms with E-state index < -0.39 is 29.9 Å². The molecule has 3 atom stereocenters. The molecule has 2 aromatic carbocycles. The van der Waals surface area contributed by atoms with Gasteiger partial charge in [0.15, 0.2) is 5.82 Å². The van der Waals surface area contributed by atoms with Crippen molar-refractivity contribution in [2.24, 2.45) is 11.8 Å². The number of carbonyl (C=O) groups excluding carboxylic acids is 5. The molecular formula is C36H46N8O6. The van der Waals surface area contributed by atoms with Crippen LogP contribution in [-0.4, -0.2) is 87.5 Å². The van der Waals surface area contributed by atoms with Crippen LogP contribution in [0.4, 0.5) is 0 Å². The number of fused-ring (bicyclic) bond motifs is 14. The Bertz CT molecular complexity index is 1670. The number of likely N-dealkylation sites (tertiary alicyclic amines) is 1. The summed E-state index contributed by atoms with van der Waals surface area (Å²) in [5.74, 6) is -0.845. The molecule has 0 unspecified atom stereocenters. The van der Waals surface area contributed by atoms with E-state index in [-0.39, 0.29) is 55.7 Å². The van der Waals surface area contributed by atoms with Crippen molar-refractivity contribution in [3.63, 3.8) is 0 Å². The molecule has 4 heterocycles. The molecule has 3 aromatic rings. The molecule has 5 amide bonds. The fraction of sp³-hybridized carbons (Fsp3) is 0.472. The highest BCUT2D eigenvalue weighted by molar-refractivity contribution is 5.93. The lowest BCUT2D eigenvalue weighted by Gasteiger charge is -2.32. The highest BCUT2D eigenvalue weighted by Crippen LogP contribution is 2.21. The molecule has 3 aliphatic rings. The smallest absolute Gasteiger partial charge is 0.243 e. The van der Waals surface area contributed by atoms with Crippen LogP contribution in [0.1, 0.15) is 58.0 Å². The van der Waals surface area contributed by atoms with Crippen LogP contribution in [-0.2, 0) is 36.9 Å². The van der Waals surface area contributed by atoms with Crippen LogP contribution in [0.15, 0.2) is 54.6 Å². The Hall–Kier alpha value is -5.27.